The fraction of sp³-hybridized carbons (Fsp3) is 0.0833. The number of hydrogen-bond acceptors (Lipinski definition) is 6. The van der Waals surface area contributed by atoms with Crippen LogP contribution in [0.4, 0.5) is 5.69 Å². The van der Waals surface area contributed by atoms with Gasteiger partial charge in [0.1, 0.15) is 0 Å². The van der Waals surface area contributed by atoms with Crippen molar-refractivity contribution in [2.24, 2.45) is 5.10 Å². The molecule has 1 aromatic heterocycles. The summed E-state index contributed by atoms with van der Waals surface area (Å²) in [6.45, 7) is -0.242. The molecule has 4 aromatic rings. The summed E-state index contributed by atoms with van der Waals surface area (Å²) in [5, 5.41) is 7.64. The summed E-state index contributed by atoms with van der Waals surface area (Å²) in [6, 6.07) is 18.2. The summed E-state index contributed by atoms with van der Waals surface area (Å²) < 4.78 is 11.7. The average Bonchev–Trinajstić information content (AvgIpc) is 2.84. The number of anilines is 1. The van der Waals surface area contributed by atoms with E-state index in [4.69, 9.17) is 21.1 Å². The van der Waals surface area contributed by atoms with Crippen LogP contribution in [0.3, 0.4) is 0 Å². The number of rotatable bonds is 7. The second-order valence-electron chi connectivity index (χ2n) is 7.09. The van der Waals surface area contributed by atoms with E-state index in [1.54, 1.807) is 66.7 Å². The number of nitrogens with zero attached hydrogens (tertiary/aromatic N) is 2. The number of aromatic nitrogens is 2. The van der Waals surface area contributed by atoms with Crippen LogP contribution in [-0.4, -0.2) is 35.5 Å². The van der Waals surface area contributed by atoms with E-state index in [0.29, 0.717) is 38.7 Å². The highest BCUT2D eigenvalue weighted by atomic mass is 35.5. The third-order valence-electron chi connectivity index (χ3n) is 4.78. The van der Waals surface area contributed by atoms with Crippen LogP contribution in [0, 0.1) is 0 Å². The van der Waals surface area contributed by atoms with Crippen molar-refractivity contribution in [3.8, 4) is 11.5 Å². The Kier molecular flexibility index (Phi) is 6.74. The maximum atomic E-state index is 12.6. The first kappa shape index (κ1) is 22.8. The van der Waals surface area contributed by atoms with Crippen LogP contribution < -0.4 is 26.0 Å². The van der Waals surface area contributed by atoms with Crippen LogP contribution >= 0.6 is 11.6 Å². The number of carbonyl (C=O) groups is 1. The number of carbonyl (C=O) groups excluding carboxylic acids is 1. The van der Waals surface area contributed by atoms with Gasteiger partial charge in [-0.15, -0.1) is 4.68 Å². The molecule has 0 saturated carbocycles. The maximum Gasteiger partial charge on any atom is 0.349 e. The van der Waals surface area contributed by atoms with Gasteiger partial charge < -0.3 is 19.8 Å². The zero-order valence-electron chi connectivity index (χ0n) is 17.9. The Labute approximate surface area is 198 Å². The van der Waals surface area contributed by atoms with E-state index >= 15 is 0 Å². The van der Waals surface area contributed by atoms with E-state index in [1.807, 2.05) is 0 Å². The van der Waals surface area contributed by atoms with Gasteiger partial charge in [-0.2, -0.15) is 5.10 Å². The molecule has 0 fully saturated rings. The summed E-state index contributed by atoms with van der Waals surface area (Å²) in [6.07, 6.45) is 1.35. The van der Waals surface area contributed by atoms with Gasteiger partial charge in [0.15, 0.2) is 18.1 Å². The summed E-state index contributed by atoms with van der Waals surface area (Å²) in [5.74, 6) is 0.333. The molecule has 0 unspecified atom stereocenters. The van der Waals surface area contributed by atoms with Gasteiger partial charge >= 0.3 is 5.69 Å². The van der Waals surface area contributed by atoms with E-state index in [1.165, 1.54) is 13.3 Å². The van der Waals surface area contributed by atoms with Crippen LogP contribution in [0.5, 0.6) is 11.5 Å². The third kappa shape index (κ3) is 5.16. The molecule has 0 spiro atoms. The van der Waals surface area contributed by atoms with Crippen molar-refractivity contribution >= 4 is 40.3 Å². The lowest BCUT2D eigenvalue weighted by molar-refractivity contribution is -0.118. The first-order chi connectivity index (χ1) is 16.4. The number of fused-ring (bicyclic) bond motifs is 1. The normalized spacial score (nSPS) is 11.0. The Hall–Kier alpha value is -4.37. The number of methoxy groups -OCH3 is 1. The van der Waals surface area contributed by atoms with Crippen molar-refractivity contribution in [3.05, 3.63) is 98.2 Å². The fourth-order valence-corrected chi connectivity index (χ4v) is 3.27. The van der Waals surface area contributed by atoms with Gasteiger partial charge in [0.25, 0.3) is 11.5 Å². The number of ether oxygens (including phenoxy) is 2. The highest BCUT2D eigenvalue weighted by Gasteiger charge is 2.10. The molecule has 0 aliphatic heterocycles. The molecule has 1 heterocycles. The van der Waals surface area contributed by atoms with Crippen molar-refractivity contribution in [2.45, 2.75) is 0 Å². The van der Waals surface area contributed by atoms with Gasteiger partial charge in [-0.25, -0.2) is 4.79 Å². The molecule has 10 heteroatoms. The highest BCUT2D eigenvalue weighted by molar-refractivity contribution is 6.30. The van der Waals surface area contributed by atoms with Gasteiger partial charge in [-0.3, -0.25) is 9.59 Å². The molecule has 2 N–H and O–H groups in total. The van der Waals surface area contributed by atoms with E-state index in [9.17, 15) is 14.4 Å². The minimum Gasteiger partial charge on any atom is -0.493 e. The Morgan fingerprint density at radius 2 is 1.85 bits per heavy atom. The maximum absolute atomic E-state index is 12.6. The molecule has 172 valence electrons. The van der Waals surface area contributed by atoms with Crippen molar-refractivity contribution in [1.82, 2.24) is 9.66 Å². The predicted molar refractivity (Wildman–Crippen MR) is 130 cm³/mol. The summed E-state index contributed by atoms with van der Waals surface area (Å²) >= 11 is 5.84. The Balaban J connectivity index is 1.48. The molecular weight excluding hydrogens is 460 g/mol. The molecule has 34 heavy (non-hydrogen) atoms. The van der Waals surface area contributed by atoms with Crippen LogP contribution in [0.15, 0.2) is 81.4 Å². The summed E-state index contributed by atoms with van der Waals surface area (Å²) in [4.78, 5) is 39.6. The lowest BCUT2D eigenvalue weighted by Crippen LogP contribution is -2.32. The minimum atomic E-state index is -0.654. The third-order valence-corrected chi connectivity index (χ3v) is 5.03. The number of halogens is 1. The number of amides is 1. The molecule has 4 rings (SSSR count). The van der Waals surface area contributed by atoms with E-state index in [2.05, 4.69) is 15.4 Å². The number of H-pyrrole nitrogens is 1. The Morgan fingerprint density at radius 1 is 1.09 bits per heavy atom. The molecule has 0 aliphatic rings. The van der Waals surface area contributed by atoms with E-state index < -0.39 is 11.2 Å². The second kappa shape index (κ2) is 10.1. The topological polar surface area (TPSA) is 115 Å². The molecule has 0 saturated heterocycles. The molecule has 0 radical (unpaired) electrons. The van der Waals surface area contributed by atoms with Crippen LogP contribution in [0.1, 0.15) is 5.56 Å². The monoisotopic (exact) mass is 478 g/mol. The molecule has 0 bridgehead atoms. The Morgan fingerprint density at radius 3 is 2.62 bits per heavy atom. The second-order valence-corrected chi connectivity index (χ2v) is 7.53. The number of benzene rings is 3. The zero-order valence-corrected chi connectivity index (χ0v) is 18.7. The summed E-state index contributed by atoms with van der Waals surface area (Å²) in [5.41, 5.74) is 0.393. The molecule has 1 amide bonds. The first-order valence-electron chi connectivity index (χ1n) is 10.1. The van der Waals surface area contributed by atoms with Crippen molar-refractivity contribution in [3.63, 3.8) is 0 Å². The largest absolute Gasteiger partial charge is 0.493 e. The molecular formula is C24H19ClN4O5. The van der Waals surface area contributed by atoms with E-state index in [-0.39, 0.29) is 12.5 Å². The summed E-state index contributed by atoms with van der Waals surface area (Å²) in [7, 11) is 1.45. The molecule has 0 aliphatic carbocycles. The van der Waals surface area contributed by atoms with Gasteiger partial charge in [-0.05, 0) is 60.2 Å². The molecule has 3 aromatic carbocycles. The minimum absolute atomic E-state index is 0.242. The van der Waals surface area contributed by atoms with E-state index in [0.717, 1.165) is 4.68 Å². The van der Waals surface area contributed by atoms with Gasteiger partial charge in [-0.1, -0.05) is 23.7 Å². The van der Waals surface area contributed by atoms with Gasteiger partial charge in [0.05, 0.1) is 24.2 Å². The van der Waals surface area contributed by atoms with Crippen molar-refractivity contribution < 1.29 is 14.3 Å². The van der Waals surface area contributed by atoms with Crippen molar-refractivity contribution in [2.75, 3.05) is 19.0 Å². The fourth-order valence-electron chi connectivity index (χ4n) is 3.14. The first-order valence-corrected chi connectivity index (χ1v) is 10.5. The number of aromatic amines is 1. The Bertz CT molecular complexity index is 1490. The van der Waals surface area contributed by atoms with Crippen molar-refractivity contribution in [1.29, 1.82) is 0 Å². The molecule has 9 nitrogen and oxygen atoms in total. The predicted octanol–water partition coefficient (Wildman–Crippen LogP) is 3.25. The SMILES string of the molecule is COc1cc(C=Nn2c(=O)[nH]c3ccccc3c2=O)ccc1OCC(=O)Nc1ccc(Cl)cc1. The number of hydrogen-bond donors (Lipinski definition) is 2. The van der Waals surface area contributed by atoms with Gasteiger partial charge in [0.2, 0.25) is 0 Å². The van der Waals surface area contributed by atoms with Crippen LogP contribution in [0.2, 0.25) is 5.02 Å². The molecule has 0 atom stereocenters. The number of nitrogens with one attached hydrogen (secondary N) is 2. The lowest BCUT2D eigenvalue weighted by atomic mass is 10.2. The van der Waals surface area contributed by atoms with Gasteiger partial charge in [0, 0.05) is 10.7 Å². The van der Waals surface area contributed by atoms with Crippen LogP contribution in [0.25, 0.3) is 10.9 Å². The average molecular weight is 479 g/mol. The van der Waals surface area contributed by atoms with Crippen LogP contribution in [-0.2, 0) is 4.79 Å². The highest BCUT2D eigenvalue weighted by Crippen LogP contribution is 2.27. The lowest BCUT2D eigenvalue weighted by Gasteiger charge is -2.11. The zero-order chi connectivity index (χ0) is 24.1. The quantitative estimate of drug-likeness (QED) is 0.396. The smallest absolute Gasteiger partial charge is 0.349 e. The number of para-hydroxylation sites is 1. The standard InChI is InChI=1S/C24H19ClN4O5/c1-33-21-12-15(13-26-29-23(31)18-4-2-3-5-19(18)28-24(29)32)6-11-20(21)34-14-22(30)27-17-9-7-16(25)8-10-17/h2-13H,14H2,1H3,(H,27,30)(H,28,32).